The van der Waals surface area contributed by atoms with Crippen molar-refractivity contribution in [3.05, 3.63) is 0 Å². The average molecular weight is 269 g/mol. The number of rotatable bonds is 4. The van der Waals surface area contributed by atoms with Crippen LogP contribution in [0.3, 0.4) is 0 Å². The number of likely N-dealkylation sites (N-methyl/N-ethyl adjacent to an activating group) is 1. The van der Waals surface area contributed by atoms with E-state index in [0.29, 0.717) is 18.9 Å². The molecule has 4 unspecified atom stereocenters. The zero-order chi connectivity index (χ0) is 13.9. The number of hydrogen-bond donors (Lipinski definition) is 2. The van der Waals surface area contributed by atoms with Crippen molar-refractivity contribution < 1.29 is 14.6 Å². The minimum atomic E-state index is -0.775. The molecule has 0 aliphatic heterocycles. The largest absolute Gasteiger partial charge is 0.480 e. The molecule has 0 aromatic rings. The first-order valence-electron chi connectivity index (χ1n) is 7.63. The van der Waals surface area contributed by atoms with E-state index in [4.69, 9.17) is 4.74 Å². The molecule has 2 aliphatic carbocycles. The Morgan fingerprint density at radius 3 is 2.63 bits per heavy atom. The first-order valence-corrected chi connectivity index (χ1v) is 7.63. The number of ether oxygens (including phenoxy) is 1. The number of aliphatic carboxylic acids is 1. The highest BCUT2D eigenvalue weighted by molar-refractivity contribution is 5.79. The van der Waals surface area contributed by atoms with Crippen molar-refractivity contribution in [2.24, 2.45) is 5.92 Å². The summed E-state index contributed by atoms with van der Waals surface area (Å²) in [7, 11) is 1.75. The molecule has 4 nitrogen and oxygen atoms in total. The molecule has 2 rings (SSSR count). The normalized spacial score (nSPS) is 40.0. The Morgan fingerprint density at radius 1 is 1.26 bits per heavy atom. The van der Waals surface area contributed by atoms with Gasteiger partial charge >= 0.3 is 5.97 Å². The first kappa shape index (κ1) is 14.8. The van der Waals surface area contributed by atoms with E-state index in [1.54, 1.807) is 7.05 Å². The van der Waals surface area contributed by atoms with Gasteiger partial charge in [-0.05, 0) is 45.1 Å². The van der Waals surface area contributed by atoms with Crippen molar-refractivity contribution in [2.45, 2.75) is 76.0 Å². The lowest BCUT2D eigenvalue weighted by atomic mass is 9.80. The number of hydrogen-bond acceptors (Lipinski definition) is 3. The van der Waals surface area contributed by atoms with Gasteiger partial charge in [0, 0.05) is 6.42 Å². The summed E-state index contributed by atoms with van der Waals surface area (Å²) in [6.45, 7) is 2.28. The van der Waals surface area contributed by atoms with E-state index in [9.17, 15) is 9.90 Å². The van der Waals surface area contributed by atoms with E-state index < -0.39 is 11.5 Å². The third kappa shape index (κ3) is 3.48. The van der Waals surface area contributed by atoms with Crippen LogP contribution in [0.4, 0.5) is 0 Å². The molecule has 0 radical (unpaired) electrons. The molecule has 0 aromatic heterocycles. The molecule has 2 fully saturated rings. The number of carboxylic acids is 1. The zero-order valence-corrected chi connectivity index (χ0v) is 12.2. The van der Waals surface area contributed by atoms with Gasteiger partial charge in [-0.1, -0.05) is 19.8 Å². The summed E-state index contributed by atoms with van der Waals surface area (Å²) in [6, 6.07) is 0. The molecule has 0 amide bonds. The quantitative estimate of drug-likeness (QED) is 0.823. The summed E-state index contributed by atoms with van der Waals surface area (Å²) >= 11 is 0. The van der Waals surface area contributed by atoms with Gasteiger partial charge in [0.2, 0.25) is 0 Å². The van der Waals surface area contributed by atoms with Gasteiger partial charge < -0.3 is 15.2 Å². The molecule has 0 bridgehead atoms. The maximum atomic E-state index is 11.5. The van der Waals surface area contributed by atoms with Crippen LogP contribution < -0.4 is 5.32 Å². The van der Waals surface area contributed by atoms with Crippen molar-refractivity contribution in [1.82, 2.24) is 5.32 Å². The van der Waals surface area contributed by atoms with E-state index >= 15 is 0 Å². The van der Waals surface area contributed by atoms with Crippen LogP contribution in [0.2, 0.25) is 0 Å². The topological polar surface area (TPSA) is 58.6 Å². The number of nitrogens with one attached hydrogen (secondary N) is 1. The van der Waals surface area contributed by atoms with Gasteiger partial charge in [0.15, 0.2) is 0 Å². The third-order valence-corrected chi connectivity index (χ3v) is 4.87. The summed E-state index contributed by atoms with van der Waals surface area (Å²) in [5.41, 5.74) is -0.775. The molecule has 110 valence electrons. The summed E-state index contributed by atoms with van der Waals surface area (Å²) in [5.74, 6) is 0.0104. The predicted molar refractivity (Wildman–Crippen MR) is 74.2 cm³/mol. The molecular formula is C15H27NO3. The van der Waals surface area contributed by atoms with Gasteiger partial charge in [0.25, 0.3) is 0 Å². The Hall–Kier alpha value is -0.610. The highest BCUT2D eigenvalue weighted by Gasteiger charge is 2.42. The average Bonchev–Trinajstić information content (AvgIpc) is 2.38. The smallest absolute Gasteiger partial charge is 0.323 e. The van der Waals surface area contributed by atoms with Crippen molar-refractivity contribution in [3.63, 3.8) is 0 Å². The third-order valence-electron chi connectivity index (χ3n) is 4.87. The van der Waals surface area contributed by atoms with Crippen molar-refractivity contribution in [3.8, 4) is 0 Å². The fourth-order valence-corrected chi connectivity index (χ4v) is 3.64. The molecule has 4 heteroatoms. The van der Waals surface area contributed by atoms with Crippen LogP contribution in [-0.2, 0) is 9.53 Å². The molecule has 4 atom stereocenters. The van der Waals surface area contributed by atoms with Crippen molar-refractivity contribution in [1.29, 1.82) is 0 Å². The van der Waals surface area contributed by atoms with Crippen LogP contribution in [0, 0.1) is 5.92 Å². The van der Waals surface area contributed by atoms with Crippen LogP contribution in [0.15, 0.2) is 0 Å². The van der Waals surface area contributed by atoms with Gasteiger partial charge in [-0.3, -0.25) is 4.79 Å². The van der Waals surface area contributed by atoms with Crippen molar-refractivity contribution in [2.75, 3.05) is 7.05 Å². The molecule has 0 heterocycles. The Morgan fingerprint density at radius 2 is 2.00 bits per heavy atom. The van der Waals surface area contributed by atoms with E-state index in [-0.39, 0.29) is 6.10 Å². The monoisotopic (exact) mass is 269 g/mol. The second kappa shape index (κ2) is 6.23. The number of carboxylic acid groups (broad SMARTS) is 1. The standard InChI is InChI=1S/C15H27NO3/c1-11-5-3-6-12(9-11)19-13-7-4-8-15(10-13,16-2)14(17)18/h11-13,16H,3-10H2,1-2H3,(H,17,18). The van der Waals surface area contributed by atoms with E-state index in [1.807, 2.05) is 0 Å². The van der Waals surface area contributed by atoms with Gasteiger partial charge in [0.1, 0.15) is 5.54 Å². The Labute approximate surface area is 115 Å². The first-order chi connectivity index (χ1) is 9.05. The van der Waals surface area contributed by atoms with Crippen molar-refractivity contribution >= 4 is 5.97 Å². The van der Waals surface area contributed by atoms with Crippen LogP contribution in [-0.4, -0.2) is 35.9 Å². The zero-order valence-electron chi connectivity index (χ0n) is 12.2. The van der Waals surface area contributed by atoms with Crippen LogP contribution in [0.5, 0.6) is 0 Å². The molecule has 2 saturated carbocycles. The Kier molecular flexibility index (Phi) is 4.85. The second-order valence-electron chi connectivity index (χ2n) is 6.39. The lowest BCUT2D eigenvalue weighted by Crippen LogP contribution is -2.55. The maximum Gasteiger partial charge on any atom is 0.323 e. The molecule has 2 N–H and O–H groups in total. The second-order valence-corrected chi connectivity index (χ2v) is 6.39. The SMILES string of the molecule is CNC1(C(=O)O)CCCC(OC2CCCC(C)C2)C1. The Bertz CT molecular complexity index is 321. The molecule has 2 aliphatic rings. The fraction of sp³-hybridized carbons (Fsp3) is 0.933. The molecule has 0 saturated heterocycles. The summed E-state index contributed by atoms with van der Waals surface area (Å²) < 4.78 is 6.21. The highest BCUT2D eigenvalue weighted by Crippen LogP contribution is 2.34. The summed E-state index contributed by atoms with van der Waals surface area (Å²) in [4.78, 5) is 11.5. The van der Waals surface area contributed by atoms with Crippen LogP contribution in [0.25, 0.3) is 0 Å². The van der Waals surface area contributed by atoms with Gasteiger partial charge in [-0.15, -0.1) is 0 Å². The van der Waals surface area contributed by atoms with E-state index in [2.05, 4.69) is 12.2 Å². The Balaban J connectivity index is 1.92. The van der Waals surface area contributed by atoms with Gasteiger partial charge in [-0.2, -0.15) is 0 Å². The molecule has 19 heavy (non-hydrogen) atoms. The molecular weight excluding hydrogens is 242 g/mol. The van der Waals surface area contributed by atoms with Gasteiger partial charge in [0.05, 0.1) is 12.2 Å². The minimum Gasteiger partial charge on any atom is -0.480 e. The van der Waals surface area contributed by atoms with Gasteiger partial charge in [-0.25, -0.2) is 0 Å². The molecule has 0 aromatic carbocycles. The lowest BCUT2D eigenvalue weighted by molar-refractivity contribution is -0.150. The molecule has 0 spiro atoms. The highest BCUT2D eigenvalue weighted by atomic mass is 16.5. The van der Waals surface area contributed by atoms with E-state index in [1.165, 1.54) is 12.8 Å². The van der Waals surface area contributed by atoms with Crippen LogP contribution in [0.1, 0.15) is 58.3 Å². The predicted octanol–water partition coefficient (Wildman–Crippen LogP) is 2.57. The fourth-order valence-electron chi connectivity index (χ4n) is 3.64. The number of carbonyl (C=O) groups is 1. The summed E-state index contributed by atoms with van der Waals surface area (Å²) in [5, 5.41) is 12.4. The maximum absolute atomic E-state index is 11.5. The summed E-state index contributed by atoms with van der Waals surface area (Å²) in [6.07, 6.45) is 8.51. The van der Waals surface area contributed by atoms with E-state index in [0.717, 1.165) is 31.6 Å². The van der Waals surface area contributed by atoms with Crippen LogP contribution >= 0.6 is 0 Å². The minimum absolute atomic E-state index is 0.104. The lowest BCUT2D eigenvalue weighted by Gasteiger charge is -2.39.